The number of hydrogen-bond acceptors (Lipinski definition) is 3. The van der Waals surface area contributed by atoms with Gasteiger partial charge in [0, 0.05) is 6.42 Å². The van der Waals surface area contributed by atoms with Crippen molar-refractivity contribution in [3.63, 3.8) is 0 Å². The van der Waals surface area contributed by atoms with Gasteiger partial charge in [0.25, 0.3) is 0 Å². The van der Waals surface area contributed by atoms with E-state index < -0.39 is 11.5 Å². The Kier molecular flexibility index (Phi) is 8.39. The first-order valence-corrected chi connectivity index (χ1v) is 7.14. The quantitative estimate of drug-likeness (QED) is 0.566. The molecule has 0 rings (SSSR count). The molecular formula is C14H28N2O3. The van der Waals surface area contributed by atoms with Gasteiger partial charge in [-0.05, 0) is 38.6 Å². The minimum atomic E-state index is -1.15. The molecule has 19 heavy (non-hydrogen) atoms. The summed E-state index contributed by atoms with van der Waals surface area (Å²) in [4.78, 5) is 23.1. The molecule has 2 atom stereocenters. The number of carbonyl (C=O) groups excluding carboxylic acids is 1. The number of nitrogens with two attached hydrogens (primary N) is 1. The normalized spacial score (nSPS) is 15.6. The molecule has 0 bridgehead atoms. The maximum absolute atomic E-state index is 11.9. The predicted octanol–water partition coefficient (Wildman–Crippen LogP) is 1.90. The predicted molar refractivity (Wildman–Crippen MR) is 75.8 cm³/mol. The largest absolute Gasteiger partial charge is 0.480 e. The summed E-state index contributed by atoms with van der Waals surface area (Å²) in [5.41, 5.74) is 4.36. The fraction of sp³-hybridized carbons (Fsp3) is 0.857. The topological polar surface area (TPSA) is 92.4 Å². The third kappa shape index (κ3) is 6.57. The van der Waals surface area contributed by atoms with E-state index in [9.17, 15) is 14.7 Å². The van der Waals surface area contributed by atoms with E-state index >= 15 is 0 Å². The molecule has 0 aliphatic carbocycles. The van der Waals surface area contributed by atoms with Gasteiger partial charge in [-0.15, -0.1) is 0 Å². The summed E-state index contributed by atoms with van der Waals surface area (Å²) in [7, 11) is 0. The zero-order chi connectivity index (χ0) is 14.9. The maximum atomic E-state index is 11.9. The molecule has 0 fully saturated rings. The Hall–Kier alpha value is -1.10. The van der Waals surface area contributed by atoms with Crippen molar-refractivity contribution in [2.24, 2.45) is 11.7 Å². The van der Waals surface area contributed by atoms with Gasteiger partial charge in [0.15, 0.2) is 0 Å². The minimum Gasteiger partial charge on any atom is -0.480 e. The third-order valence-electron chi connectivity index (χ3n) is 3.57. The molecule has 0 aliphatic rings. The number of hydrogen-bond donors (Lipinski definition) is 3. The molecule has 0 aromatic carbocycles. The van der Waals surface area contributed by atoms with Crippen molar-refractivity contribution < 1.29 is 14.7 Å². The molecule has 5 heteroatoms. The highest BCUT2D eigenvalue weighted by atomic mass is 16.4. The van der Waals surface area contributed by atoms with Crippen LogP contribution in [0.2, 0.25) is 0 Å². The Morgan fingerprint density at radius 3 is 2.37 bits per heavy atom. The molecule has 0 spiro atoms. The Morgan fingerprint density at radius 2 is 1.95 bits per heavy atom. The van der Waals surface area contributed by atoms with Crippen molar-refractivity contribution in [2.45, 2.75) is 64.8 Å². The van der Waals surface area contributed by atoms with Gasteiger partial charge >= 0.3 is 5.97 Å². The van der Waals surface area contributed by atoms with Gasteiger partial charge in [-0.2, -0.15) is 0 Å². The molecule has 0 aromatic rings. The van der Waals surface area contributed by atoms with Crippen LogP contribution in [-0.4, -0.2) is 29.1 Å². The molecule has 0 aromatic heterocycles. The Morgan fingerprint density at radius 1 is 1.32 bits per heavy atom. The lowest BCUT2D eigenvalue weighted by Crippen LogP contribution is -2.52. The first-order valence-electron chi connectivity index (χ1n) is 7.14. The zero-order valence-corrected chi connectivity index (χ0v) is 12.4. The number of nitrogens with one attached hydrogen (secondary N) is 1. The van der Waals surface area contributed by atoms with Crippen molar-refractivity contribution in [3.05, 3.63) is 0 Å². The fourth-order valence-electron chi connectivity index (χ4n) is 2.22. The number of amides is 1. The monoisotopic (exact) mass is 272 g/mol. The number of rotatable bonds is 10. The Bertz CT molecular complexity index is 294. The van der Waals surface area contributed by atoms with Crippen LogP contribution in [0, 0.1) is 5.92 Å². The van der Waals surface area contributed by atoms with Crippen LogP contribution in [0.3, 0.4) is 0 Å². The van der Waals surface area contributed by atoms with Crippen molar-refractivity contribution in [2.75, 3.05) is 6.54 Å². The van der Waals surface area contributed by atoms with Crippen molar-refractivity contribution >= 4 is 11.9 Å². The number of aliphatic carboxylic acids is 1. The number of carboxylic acids is 1. The summed E-state index contributed by atoms with van der Waals surface area (Å²) < 4.78 is 0. The van der Waals surface area contributed by atoms with E-state index in [0.29, 0.717) is 31.7 Å². The molecular weight excluding hydrogens is 244 g/mol. The van der Waals surface area contributed by atoms with Gasteiger partial charge in [-0.3, -0.25) is 4.79 Å². The van der Waals surface area contributed by atoms with Crippen LogP contribution in [0.5, 0.6) is 0 Å². The molecule has 0 aliphatic heterocycles. The van der Waals surface area contributed by atoms with Crippen LogP contribution in [0.4, 0.5) is 0 Å². The first kappa shape index (κ1) is 17.9. The Labute approximate surface area is 115 Å². The van der Waals surface area contributed by atoms with Crippen molar-refractivity contribution in [1.82, 2.24) is 5.32 Å². The Balaban J connectivity index is 4.31. The lowest BCUT2D eigenvalue weighted by Gasteiger charge is -2.26. The van der Waals surface area contributed by atoms with Crippen LogP contribution >= 0.6 is 0 Å². The summed E-state index contributed by atoms with van der Waals surface area (Å²) in [6.45, 7) is 6.18. The van der Waals surface area contributed by atoms with Gasteiger partial charge in [0.05, 0.1) is 0 Å². The van der Waals surface area contributed by atoms with E-state index in [0.717, 1.165) is 19.3 Å². The molecule has 0 heterocycles. The van der Waals surface area contributed by atoms with E-state index in [1.807, 2.05) is 6.92 Å². The fourth-order valence-corrected chi connectivity index (χ4v) is 2.22. The third-order valence-corrected chi connectivity index (χ3v) is 3.57. The van der Waals surface area contributed by atoms with E-state index in [1.165, 1.54) is 0 Å². The summed E-state index contributed by atoms with van der Waals surface area (Å²) >= 11 is 0. The lowest BCUT2D eigenvalue weighted by molar-refractivity contribution is -0.147. The van der Waals surface area contributed by atoms with Crippen LogP contribution in [0.1, 0.15) is 59.3 Å². The summed E-state index contributed by atoms with van der Waals surface area (Å²) in [5.74, 6) is -0.719. The van der Waals surface area contributed by atoms with Crippen LogP contribution in [0.15, 0.2) is 0 Å². The summed E-state index contributed by atoms with van der Waals surface area (Å²) in [5, 5.41) is 11.8. The molecule has 4 N–H and O–H groups in total. The average molecular weight is 272 g/mol. The molecule has 0 saturated carbocycles. The van der Waals surface area contributed by atoms with Crippen molar-refractivity contribution in [3.8, 4) is 0 Å². The maximum Gasteiger partial charge on any atom is 0.329 e. The molecule has 112 valence electrons. The van der Waals surface area contributed by atoms with Gasteiger partial charge < -0.3 is 16.2 Å². The van der Waals surface area contributed by atoms with Crippen LogP contribution in [-0.2, 0) is 9.59 Å². The van der Waals surface area contributed by atoms with Crippen LogP contribution < -0.4 is 11.1 Å². The molecule has 1 amide bonds. The highest BCUT2D eigenvalue weighted by Crippen LogP contribution is 2.16. The number of carboxylic acid groups (broad SMARTS) is 1. The SMILES string of the molecule is CCCC(C)(NC(=O)CCC(CC)CCN)C(=O)O. The minimum absolute atomic E-state index is 0.186. The van der Waals surface area contributed by atoms with Gasteiger partial charge in [-0.25, -0.2) is 4.79 Å². The second-order valence-electron chi connectivity index (χ2n) is 5.33. The molecule has 0 saturated heterocycles. The first-order chi connectivity index (χ1) is 8.89. The average Bonchev–Trinajstić information content (AvgIpc) is 2.34. The van der Waals surface area contributed by atoms with E-state index in [4.69, 9.17) is 5.73 Å². The van der Waals surface area contributed by atoms with E-state index in [-0.39, 0.29) is 5.91 Å². The van der Waals surface area contributed by atoms with E-state index in [2.05, 4.69) is 12.2 Å². The second-order valence-corrected chi connectivity index (χ2v) is 5.33. The van der Waals surface area contributed by atoms with Gasteiger partial charge in [-0.1, -0.05) is 26.7 Å². The van der Waals surface area contributed by atoms with Crippen molar-refractivity contribution in [1.29, 1.82) is 0 Å². The molecule has 0 radical (unpaired) electrons. The second kappa shape index (κ2) is 8.91. The van der Waals surface area contributed by atoms with E-state index in [1.54, 1.807) is 6.92 Å². The van der Waals surface area contributed by atoms with Gasteiger partial charge in [0.2, 0.25) is 5.91 Å². The number of carbonyl (C=O) groups is 2. The highest BCUT2D eigenvalue weighted by molar-refractivity contribution is 5.86. The smallest absolute Gasteiger partial charge is 0.329 e. The van der Waals surface area contributed by atoms with Crippen LogP contribution in [0.25, 0.3) is 0 Å². The lowest BCUT2D eigenvalue weighted by atomic mass is 9.94. The van der Waals surface area contributed by atoms with Gasteiger partial charge in [0.1, 0.15) is 5.54 Å². The summed E-state index contributed by atoms with van der Waals surface area (Å²) in [6, 6.07) is 0. The molecule has 5 nitrogen and oxygen atoms in total. The highest BCUT2D eigenvalue weighted by Gasteiger charge is 2.33. The standard InChI is InChI=1S/C14H28N2O3/c1-4-9-14(3,13(18)19)16-12(17)7-6-11(5-2)8-10-15/h11H,4-10,15H2,1-3H3,(H,16,17)(H,18,19). The summed E-state index contributed by atoms with van der Waals surface area (Å²) in [6.07, 6.45) is 4.19. The molecule has 2 unspecified atom stereocenters. The zero-order valence-electron chi connectivity index (χ0n) is 12.4.